The maximum atomic E-state index is 11.2. The van der Waals surface area contributed by atoms with Gasteiger partial charge in [0.25, 0.3) is 0 Å². The van der Waals surface area contributed by atoms with E-state index < -0.39 is 5.97 Å². The zero-order valence-electron chi connectivity index (χ0n) is 17.2. The number of unbranched alkanes of at least 4 members (excludes halogenated alkanes) is 15. The third-order valence-electron chi connectivity index (χ3n) is 5.19. The summed E-state index contributed by atoms with van der Waals surface area (Å²) >= 11 is 0. The quantitative estimate of drug-likeness (QED) is 0.225. The Morgan fingerprint density at radius 3 is 1.48 bits per heavy atom. The maximum Gasteiger partial charge on any atom is 0.306 e. The summed E-state index contributed by atoms with van der Waals surface area (Å²) in [6.45, 7) is 4.39. The highest BCUT2D eigenvalue weighted by Crippen LogP contribution is 2.18. The van der Waals surface area contributed by atoms with Crippen LogP contribution in [0.1, 0.15) is 129 Å². The van der Waals surface area contributed by atoms with E-state index in [0.717, 1.165) is 32.1 Å². The first-order valence-corrected chi connectivity index (χ1v) is 11.3. The van der Waals surface area contributed by atoms with Gasteiger partial charge in [0, 0.05) is 0 Å². The van der Waals surface area contributed by atoms with Gasteiger partial charge in [-0.3, -0.25) is 4.79 Å². The molecule has 0 fully saturated rings. The molecule has 0 aromatic rings. The van der Waals surface area contributed by atoms with Crippen molar-refractivity contribution in [3.8, 4) is 0 Å². The fourth-order valence-corrected chi connectivity index (χ4v) is 3.42. The van der Waals surface area contributed by atoms with Crippen LogP contribution in [0.25, 0.3) is 0 Å². The van der Waals surface area contributed by atoms with Crippen molar-refractivity contribution in [2.24, 2.45) is 5.92 Å². The van der Waals surface area contributed by atoms with Crippen LogP contribution in [0.4, 0.5) is 0 Å². The predicted molar refractivity (Wildman–Crippen MR) is 110 cm³/mol. The molecule has 0 aromatic heterocycles. The van der Waals surface area contributed by atoms with E-state index in [-0.39, 0.29) is 5.92 Å². The van der Waals surface area contributed by atoms with E-state index in [2.05, 4.69) is 13.8 Å². The fraction of sp³-hybridized carbons (Fsp3) is 0.913. The van der Waals surface area contributed by atoms with Gasteiger partial charge in [-0.15, -0.1) is 0 Å². The highest BCUT2D eigenvalue weighted by atomic mass is 16.4. The van der Waals surface area contributed by atoms with Gasteiger partial charge in [-0.2, -0.15) is 0 Å². The summed E-state index contributed by atoms with van der Waals surface area (Å²) in [5.74, 6) is -0.860. The molecule has 0 amide bonds. The molecule has 2 heteroatoms. The van der Waals surface area contributed by atoms with Gasteiger partial charge in [-0.1, -0.05) is 117 Å². The molecule has 1 unspecified atom stereocenters. The van der Waals surface area contributed by atoms with Crippen LogP contribution in [0.3, 0.4) is 0 Å². The third-order valence-corrected chi connectivity index (χ3v) is 5.19. The van der Waals surface area contributed by atoms with Gasteiger partial charge in [-0.25, -0.2) is 0 Å². The Morgan fingerprint density at radius 1 is 0.680 bits per heavy atom. The minimum atomic E-state index is -0.640. The van der Waals surface area contributed by atoms with Crippen molar-refractivity contribution < 1.29 is 9.90 Å². The molecule has 0 rings (SSSR count). The van der Waals surface area contributed by atoms with Gasteiger partial charge >= 0.3 is 5.97 Å². The van der Waals surface area contributed by atoms with Gasteiger partial charge in [-0.05, 0) is 19.3 Å². The van der Waals surface area contributed by atoms with Gasteiger partial charge in [0.2, 0.25) is 0 Å². The number of carboxylic acids is 1. The van der Waals surface area contributed by atoms with Gasteiger partial charge in [0.1, 0.15) is 0 Å². The summed E-state index contributed by atoms with van der Waals surface area (Å²) in [7, 11) is 0. The van der Waals surface area contributed by atoms with Crippen molar-refractivity contribution in [3.63, 3.8) is 0 Å². The second kappa shape index (κ2) is 19.8. The van der Waals surface area contributed by atoms with Crippen molar-refractivity contribution in [2.75, 3.05) is 0 Å². The van der Waals surface area contributed by atoms with Gasteiger partial charge < -0.3 is 5.11 Å². The van der Waals surface area contributed by atoms with Crippen LogP contribution < -0.4 is 0 Å². The van der Waals surface area contributed by atoms with Crippen LogP contribution in [-0.2, 0) is 4.79 Å². The van der Waals surface area contributed by atoms with E-state index in [0.29, 0.717) is 0 Å². The van der Waals surface area contributed by atoms with Crippen molar-refractivity contribution in [2.45, 2.75) is 129 Å². The van der Waals surface area contributed by atoms with Crippen LogP contribution in [0, 0.1) is 12.3 Å². The van der Waals surface area contributed by atoms with Crippen molar-refractivity contribution in [1.82, 2.24) is 0 Å². The molecule has 0 heterocycles. The highest BCUT2D eigenvalue weighted by Gasteiger charge is 2.15. The molecule has 0 aromatic carbocycles. The molecule has 149 valence electrons. The van der Waals surface area contributed by atoms with E-state index in [9.17, 15) is 9.90 Å². The topological polar surface area (TPSA) is 37.3 Å². The van der Waals surface area contributed by atoms with Crippen molar-refractivity contribution in [1.29, 1.82) is 0 Å². The lowest BCUT2D eigenvalue weighted by Crippen LogP contribution is -2.14. The van der Waals surface area contributed by atoms with Crippen LogP contribution in [0.2, 0.25) is 0 Å². The average molecular weight is 354 g/mol. The minimum Gasteiger partial charge on any atom is -0.481 e. The molecule has 0 saturated heterocycles. The number of hydrogen-bond donors (Lipinski definition) is 1. The Labute approximate surface area is 158 Å². The summed E-state index contributed by atoms with van der Waals surface area (Å²) in [4.78, 5) is 11.2. The Bertz CT molecular complexity index is 275. The first-order chi connectivity index (χ1) is 12.2. The van der Waals surface area contributed by atoms with Crippen LogP contribution in [0.5, 0.6) is 0 Å². The fourth-order valence-electron chi connectivity index (χ4n) is 3.42. The first-order valence-electron chi connectivity index (χ1n) is 11.3. The third kappa shape index (κ3) is 18.1. The molecule has 25 heavy (non-hydrogen) atoms. The molecule has 0 saturated carbocycles. The standard InChI is InChI=1S/C23H45O2/c1-3-5-7-8-9-10-11-12-13-14-15-16-17-18-19-21-22(23(24)25)20-6-4-2/h21-22H,3-20H2,1-2H3,(H,24,25). The van der Waals surface area contributed by atoms with Crippen LogP contribution in [-0.4, -0.2) is 11.1 Å². The summed E-state index contributed by atoms with van der Waals surface area (Å²) in [6, 6.07) is 0. The monoisotopic (exact) mass is 353 g/mol. The Balaban J connectivity index is 3.24. The number of carboxylic acid groups (broad SMARTS) is 1. The lowest BCUT2D eigenvalue weighted by atomic mass is 9.95. The van der Waals surface area contributed by atoms with Crippen LogP contribution in [0.15, 0.2) is 0 Å². The number of rotatable bonds is 20. The molecule has 1 radical (unpaired) electrons. The Kier molecular flexibility index (Phi) is 19.4. The van der Waals surface area contributed by atoms with E-state index in [4.69, 9.17) is 0 Å². The molecule has 1 atom stereocenters. The first kappa shape index (κ1) is 24.5. The second-order valence-corrected chi connectivity index (χ2v) is 7.71. The summed E-state index contributed by atoms with van der Waals surface area (Å²) in [5, 5.41) is 9.18. The number of carbonyl (C=O) groups is 1. The molecule has 0 aliphatic heterocycles. The van der Waals surface area contributed by atoms with Crippen LogP contribution >= 0.6 is 0 Å². The molecular weight excluding hydrogens is 308 g/mol. The molecule has 1 N–H and O–H groups in total. The SMILES string of the molecule is CCCCCCCCCCCCCCCC[CH]C(CCCC)C(=O)O. The maximum absolute atomic E-state index is 11.2. The summed E-state index contributed by atoms with van der Waals surface area (Å²) < 4.78 is 0. The Morgan fingerprint density at radius 2 is 1.08 bits per heavy atom. The molecular formula is C23H45O2. The average Bonchev–Trinajstić information content (AvgIpc) is 2.60. The summed E-state index contributed by atoms with van der Waals surface area (Å²) in [6.07, 6.45) is 25.1. The molecule has 0 bridgehead atoms. The largest absolute Gasteiger partial charge is 0.481 e. The van der Waals surface area contributed by atoms with E-state index in [1.54, 1.807) is 0 Å². The van der Waals surface area contributed by atoms with Gasteiger partial charge in [0.15, 0.2) is 0 Å². The highest BCUT2D eigenvalue weighted by molar-refractivity contribution is 5.71. The minimum absolute atomic E-state index is 0.220. The normalized spacial score (nSPS) is 12.4. The van der Waals surface area contributed by atoms with Crippen molar-refractivity contribution >= 4 is 5.97 Å². The smallest absolute Gasteiger partial charge is 0.306 e. The van der Waals surface area contributed by atoms with E-state index in [1.807, 2.05) is 6.42 Å². The van der Waals surface area contributed by atoms with Gasteiger partial charge in [0.05, 0.1) is 5.92 Å². The zero-order valence-corrected chi connectivity index (χ0v) is 17.2. The molecule has 2 nitrogen and oxygen atoms in total. The number of aliphatic carboxylic acids is 1. The lowest BCUT2D eigenvalue weighted by molar-refractivity contribution is -0.140. The van der Waals surface area contributed by atoms with E-state index in [1.165, 1.54) is 83.5 Å². The second-order valence-electron chi connectivity index (χ2n) is 7.71. The number of hydrogen-bond acceptors (Lipinski definition) is 1. The zero-order chi connectivity index (χ0) is 18.6. The Hall–Kier alpha value is -0.530. The molecule has 0 aliphatic rings. The molecule has 0 spiro atoms. The lowest BCUT2D eigenvalue weighted by Gasteiger charge is -2.11. The van der Waals surface area contributed by atoms with Crippen molar-refractivity contribution in [3.05, 3.63) is 6.42 Å². The predicted octanol–water partition coefficient (Wildman–Crippen LogP) is 7.95. The van der Waals surface area contributed by atoms with E-state index >= 15 is 0 Å². The molecule has 0 aliphatic carbocycles. The summed E-state index contributed by atoms with van der Waals surface area (Å²) in [5.41, 5.74) is 0.